The van der Waals surface area contributed by atoms with Crippen molar-refractivity contribution in [3.63, 3.8) is 0 Å². The van der Waals surface area contributed by atoms with Crippen molar-refractivity contribution in [2.45, 2.75) is 13.0 Å². The molecule has 5 nitrogen and oxygen atoms in total. The molecule has 2 rings (SSSR count). The molecule has 0 aliphatic rings. The molecule has 6 heteroatoms. The topological polar surface area (TPSA) is 65.5 Å². The van der Waals surface area contributed by atoms with Crippen LogP contribution in [-0.4, -0.2) is 30.0 Å². The van der Waals surface area contributed by atoms with Gasteiger partial charge in [-0.05, 0) is 43.3 Å². The van der Waals surface area contributed by atoms with Gasteiger partial charge in [-0.3, -0.25) is 4.79 Å². The zero-order chi connectivity index (χ0) is 16.1. The highest BCUT2D eigenvalue weighted by Crippen LogP contribution is 2.15. The maximum atomic E-state index is 12.2. The molecule has 22 heavy (non-hydrogen) atoms. The number of halogens is 1. The molecular formula is C16H14ClNO4. The Labute approximate surface area is 132 Å². The van der Waals surface area contributed by atoms with Crippen molar-refractivity contribution >= 4 is 23.4 Å². The van der Waals surface area contributed by atoms with Crippen LogP contribution in [0.15, 0.2) is 42.6 Å². The van der Waals surface area contributed by atoms with Crippen LogP contribution in [0.2, 0.25) is 5.15 Å². The number of carbonyl (C=O) groups excluding carboxylic acids is 2. The first kappa shape index (κ1) is 16.0. The van der Waals surface area contributed by atoms with E-state index in [4.69, 9.17) is 21.1 Å². The van der Waals surface area contributed by atoms with E-state index in [-0.39, 0.29) is 16.5 Å². The van der Waals surface area contributed by atoms with E-state index in [0.29, 0.717) is 11.3 Å². The number of ketones is 1. The molecule has 0 bridgehead atoms. The second kappa shape index (κ2) is 7.04. The van der Waals surface area contributed by atoms with E-state index in [0.717, 1.165) is 0 Å². The van der Waals surface area contributed by atoms with E-state index in [2.05, 4.69) is 4.98 Å². The third-order valence-electron chi connectivity index (χ3n) is 2.99. The highest BCUT2D eigenvalue weighted by atomic mass is 35.5. The Morgan fingerprint density at radius 1 is 1.09 bits per heavy atom. The summed E-state index contributed by atoms with van der Waals surface area (Å²) in [5.41, 5.74) is 0.675. The number of methoxy groups -OCH3 is 1. The smallest absolute Gasteiger partial charge is 0.340 e. The fraction of sp³-hybridized carbons (Fsp3) is 0.188. The number of aromatic nitrogens is 1. The van der Waals surface area contributed by atoms with E-state index in [9.17, 15) is 9.59 Å². The van der Waals surface area contributed by atoms with Crippen LogP contribution < -0.4 is 4.74 Å². The third kappa shape index (κ3) is 3.83. The van der Waals surface area contributed by atoms with Crippen LogP contribution in [0.3, 0.4) is 0 Å². The molecule has 1 aromatic carbocycles. The van der Waals surface area contributed by atoms with E-state index >= 15 is 0 Å². The number of nitrogens with zero attached hydrogens (tertiary/aromatic N) is 1. The molecule has 0 saturated carbocycles. The Balaban J connectivity index is 2.03. The maximum Gasteiger partial charge on any atom is 0.340 e. The van der Waals surface area contributed by atoms with Crippen molar-refractivity contribution < 1.29 is 19.1 Å². The van der Waals surface area contributed by atoms with Gasteiger partial charge in [-0.15, -0.1) is 0 Å². The van der Waals surface area contributed by atoms with Gasteiger partial charge in [0.15, 0.2) is 6.10 Å². The largest absolute Gasteiger partial charge is 0.497 e. The Morgan fingerprint density at radius 2 is 1.73 bits per heavy atom. The van der Waals surface area contributed by atoms with Crippen LogP contribution in [0.25, 0.3) is 0 Å². The summed E-state index contributed by atoms with van der Waals surface area (Å²) < 4.78 is 10.2. The zero-order valence-electron chi connectivity index (χ0n) is 12.1. The first-order valence-corrected chi connectivity index (χ1v) is 6.90. The molecule has 0 aliphatic carbocycles. The van der Waals surface area contributed by atoms with E-state index in [1.165, 1.54) is 25.3 Å². The minimum absolute atomic E-state index is 0.235. The summed E-state index contributed by atoms with van der Waals surface area (Å²) in [5, 5.41) is 0.277. The lowest BCUT2D eigenvalue weighted by molar-refractivity contribution is 0.0318. The first-order chi connectivity index (χ1) is 10.5. The van der Waals surface area contributed by atoms with Gasteiger partial charge < -0.3 is 9.47 Å². The summed E-state index contributed by atoms with van der Waals surface area (Å²) in [6, 6.07) is 9.55. The molecule has 2 aromatic rings. The molecule has 1 aromatic heterocycles. The van der Waals surface area contributed by atoms with Crippen molar-refractivity contribution in [1.29, 1.82) is 0 Å². The van der Waals surface area contributed by atoms with Gasteiger partial charge in [-0.1, -0.05) is 11.6 Å². The number of benzene rings is 1. The molecular weight excluding hydrogens is 306 g/mol. The number of esters is 1. The van der Waals surface area contributed by atoms with Crippen molar-refractivity contribution in [1.82, 2.24) is 4.98 Å². The number of carbonyl (C=O) groups is 2. The molecule has 1 heterocycles. The Kier molecular flexibility index (Phi) is 5.12. The van der Waals surface area contributed by atoms with Gasteiger partial charge in [0.2, 0.25) is 5.78 Å². The van der Waals surface area contributed by atoms with Crippen molar-refractivity contribution in [3.05, 3.63) is 58.9 Å². The van der Waals surface area contributed by atoms with Crippen LogP contribution in [0, 0.1) is 0 Å². The number of hydrogen-bond acceptors (Lipinski definition) is 5. The van der Waals surface area contributed by atoms with Crippen LogP contribution in [0.4, 0.5) is 0 Å². The maximum absolute atomic E-state index is 12.2. The molecule has 114 valence electrons. The third-order valence-corrected chi connectivity index (χ3v) is 3.21. The summed E-state index contributed by atoms with van der Waals surface area (Å²) in [4.78, 5) is 27.9. The predicted octanol–water partition coefficient (Wildman–Crippen LogP) is 3.17. The molecule has 0 saturated heterocycles. The minimum Gasteiger partial charge on any atom is -0.497 e. The van der Waals surface area contributed by atoms with Gasteiger partial charge in [0.05, 0.1) is 12.7 Å². The monoisotopic (exact) mass is 319 g/mol. The number of ether oxygens (including phenoxy) is 2. The van der Waals surface area contributed by atoms with Crippen molar-refractivity contribution in [2.75, 3.05) is 7.11 Å². The van der Waals surface area contributed by atoms with E-state index < -0.39 is 12.1 Å². The molecule has 0 aliphatic heterocycles. The Hall–Kier alpha value is -2.40. The van der Waals surface area contributed by atoms with E-state index in [1.807, 2.05) is 0 Å². The molecule has 0 fully saturated rings. The molecule has 0 radical (unpaired) electrons. The van der Waals surface area contributed by atoms with Crippen molar-refractivity contribution in [3.8, 4) is 5.75 Å². The first-order valence-electron chi connectivity index (χ1n) is 6.52. The fourth-order valence-electron chi connectivity index (χ4n) is 1.77. The summed E-state index contributed by atoms with van der Waals surface area (Å²) in [6.07, 6.45) is 0.395. The minimum atomic E-state index is -0.906. The van der Waals surface area contributed by atoms with Gasteiger partial charge in [0.1, 0.15) is 10.9 Å². The second-order valence-electron chi connectivity index (χ2n) is 4.51. The van der Waals surface area contributed by atoms with Gasteiger partial charge in [-0.2, -0.15) is 0 Å². The fourth-order valence-corrected chi connectivity index (χ4v) is 1.88. The van der Waals surface area contributed by atoms with Crippen LogP contribution in [0.5, 0.6) is 5.75 Å². The molecule has 0 spiro atoms. The highest BCUT2D eigenvalue weighted by Gasteiger charge is 2.20. The van der Waals surface area contributed by atoms with Crippen LogP contribution in [0.1, 0.15) is 27.6 Å². The van der Waals surface area contributed by atoms with Gasteiger partial charge in [0.25, 0.3) is 0 Å². The Morgan fingerprint density at radius 3 is 2.27 bits per heavy atom. The highest BCUT2D eigenvalue weighted by molar-refractivity contribution is 6.29. The number of hydrogen-bond donors (Lipinski definition) is 0. The average molecular weight is 320 g/mol. The summed E-state index contributed by atoms with van der Waals surface area (Å²) in [6.45, 7) is 1.52. The molecule has 0 N–H and O–H groups in total. The normalized spacial score (nSPS) is 11.6. The van der Waals surface area contributed by atoms with Gasteiger partial charge >= 0.3 is 5.97 Å². The molecule has 0 unspecified atom stereocenters. The number of Topliss-reactive ketones (excluding diaryl/α,β-unsaturated/α-hetero) is 1. The quantitative estimate of drug-likeness (QED) is 0.481. The number of pyridine rings is 1. The van der Waals surface area contributed by atoms with Gasteiger partial charge in [-0.25, -0.2) is 9.78 Å². The SMILES string of the molecule is COc1ccc(C(=O)[C@H](C)OC(=O)c2ccc(Cl)nc2)cc1. The molecule has 0 amide bonds. The summed E-state index contributed by atoms with van der Waals surface area (Å²) >= 11 is 5.65. The average Bonchev–Trinajstić information content (AvgIpc) is 2.54. The zero-order valence-corrected chi connectivity index (χ0v) is 12.8. The van der Waals surface area contributed by atoms with Crippen molar-refractivity contribution in [2.24, 2.45) is 0 Å². The predicted molar refractivity (Wildman–Crippen MR) is 81.4 cm³/mol. The lowest BCUT2D eigenvalue weighted by Crippen LogP contribution is -2.24. The van der Waals surface area contributed by atoms with E-state index in [1.54, 1.807) is 31.4 Å². The second-order valence-corrected chi connectivity index (χ2v) is 4.90. The standard InChI is InChI=1S/C16H14ClNO4/c1-10(15(19)11-3-6-13(21-2)7-4-11)22-16(20)12-5-8-14(17)18-9-12/h3-10H,1-2H3/t10-/m0/s1. The Bertz CT molecular complexity index is 668. The number of rotatable bonds is 5. The lowest BCUT2D eigenvalue weighted by atomic mass is 10.1. The lowest BCUT2D eigenvalue weighted by Gasteiger charge is -2.12. The summed E-state index contributed by atoms with van der Waals surface area (Å²) in [5.74, 6) is -0.273. The van der Waals surface area contributed by atoms with Crippen LogP contribution >= 0.6 is 11.6 Å². The van der Waals surface area contributed by atoms with Gasteiger partial charge in [0, 0.05) is 11.8 Å². The van der Waals surface area contributed by atoms with Crippen LogP contribution in [-0.2, 0) is 4.74 Å². The molecule has 1 atom stereocenters. The summed E-state index contributed by atoms with van der Waals surface area (Å²) in [7, 11) is 1.54.